The van der Waals surface area contributed by atoms with Crippen LogP contribution in [0.5, 0.6) is 0 Å². The van der Waals surface area contributed by atoms with Gasteiger partial charge >= 0.3 is 126 Å². The van der Waals surface area contributed by atoms with Crippen molar-refractivity contribution in [3.8, 4) is 9.88 Å². The number of esters is 1. The van der Waals surface area contributed by atoms with Crippen LogP contribution >= 0.6 is 22.7 Å². The van der Waals surface area contributed by atoms with Crippen LogP contribution < -0.4 is 2.89 Å². The Hall–Kier alpha value is -0.401. The molecule has 0 radical (unpaired) electrons. The molecule has 0 aliphatic rings. The second kappa shape index (κ2) is 5.93. The van der Waals surface area contributed by atoms with Gasteiger partial charge in [0.2, 0.25) is 0 Å². The molecule has 0 atom stereocenters. The molecular formula is C13H17NO2S2Sn. The average Bonchev–Trinajstić information content (AvgIpc) is 2.97. The van der Waals surface area contributed by atoms with Crippen molar-refractivity contribution in [2.75, 3.05) is 6.61 Å². The van der Waals surface area contributed by atoms with Gasteiger partial charge in [-0.05, 0) is 0 Å². The van der Waals surface area contributed by atoms with Crippen molar-refractivity contribution < 1.29 is 9.53 Å². The van der Waals surface area contributed by atoms with E-state index < -0.39 is 18.4 Å². The van der Waals surface area contributed by atoms with Crippen molar-refractivity contribution in [2.24, 2.45) is 0 Å². The van der Waals surface area contributed by atoms with Gasteiger partial charge in [-0.2, -0.15) is 0 Å². The molecule has 2 aromatic rings. The SMILES string of the molecule is CCOC(=O)c1nc(-c2cccs2)s[c]1[Sn]([CH3])([CH3])[CH3]. The summed E-state index contributed by atoms with van der Waals surface area (Å²) in [6, 6.07) is 4.05. The summed E-state index contributed by atoms with van der Waals surface area (Å²) in [5, 5.41) is 2.97. The van der Waals surface area contributed by atoms with E-state index in [1.807, 2.05) is 24.4 Å². The van der Waals surface area contributed by atoms with Crippen molar-refractivity contribution in [1.29, 1.82) is 0 Å². The van der Waals surface area contributed by atoms with E-state index in [-0.39, 0.29) is 5.97 Å². The Balaban J connectivity index is 2.49. The van der Waals surface area contributed by atoms with Crippen LogP contribution in [-0.2, 0) is 4.74 Å². The molecule has 0 unspecified atom stereocenters. The summed E-state index contributed by atoms with van der Waals surface area (Å²) in [6.07, 6.45) is 0. The molecule has 0 aliphatic carbocycles. The zero-order chi connectivity index (χ0) is 14.0. The van der Waals surface area contributed by atoms with Crippen molar-refractivity contribution in [1.82, 2.24) is 4.98 Å². The minimum absolute atomic E-state index is 0.275. The number of aromatic nitrogens is 1. The molecule has 0 fully saturated rings. The second-order valence-corrected chi connectivity index (χ2v) is 22.4. The summed E-state index contributed by atoms with van der Waals surface area (Å²) in [6.45, 7) is 2.22. The van der Waals surface area contributed by atoms with Crippen LogP contribution in [0.15, 0.2) is 17.5 Å². The van der Waals surface area contributed by atoms with Crippen LogP contribution in [-0.4, -0.2) is 35.9 Å². The number of hydrogen-bond donors (Lipinski definition) is 0. The van der Waals surface area contributed by atoms with E-state index in [1.165, 1.54) is 2.89 Å². The third kappa shape index (κ3) is 3.38. The molecule has 2 rings (SSSR count). The van der Waals surface area contributed by atoms with E-state index in [0.29, 0.717) is 12.3 Å². The number of thiazole rings is 1. The van der Waals surface area contributed by atoms with E-state index >= 15 is 0 Å². The molecule has 0 amide bonds. The molecule has 2 aromatic heterocycles. The Labute approximate surface area is 125 Å². The Bertz CT molecular complexity index is 570. The quantitative estimate of drug-likeness (QED) is 0.580. The summed E-state index contributed by atoms with van der Waals surface area (Å²) in [4.78, 5) is 24.6. The van der Waals surface area contributed by atoms with Gasteiger partial charge < -0.3 is 0 Å². The predicted molar refractivity (Wildman–Crippen MR) is 84.4 cm³/mol. The first-order chi connectivity index (χ1) is 8.93. The van der Waals surface area contributed by atoms with E-state index in [2.05, 4.69) is 19.8 Å². The maximum absolute atomic E-state index is 12.1. The number of hydrogen-bond acceptors (Lipinski definition) is 5. The number of carbonyl (C=O) groups excluding carboxylic acids is 1. The Morgan fingerprint density at radius 2 is 2.16 bits per heavy atom. The van der Waals surface area contributed by atoms with Gasteiger partial charge in [0.25, 0.3) is 0 Å². The second-order valence-electron chi connectivity index (χ2n) is 5.14. The summed E-state index contributed by atoms with van der Waals surface area (Å²) < 4.78 is 6.33. The third-order valence-electron chi connectivity index (χ3n) is 2.51. The number of nitrogens with zero attached hydrogens (tertiary/aromatic N) is 1. The molecule has 19 heavy (non-hydrogen) atoms. The van der Waals surface area contributed by atoms with E-state index in [1.54, 1.807) is 22.7 Å². The first kappa shape index (κ1) is 15.0. The van der Waals surface area contributed by atoms with Gasteiger partial charge in [0.1, 0.15) is 0 Å². The first-order valence-electron chi connectivity index (χ1n) is 6.15. The molecule has 0 saturated carbocycles. The van der Waals surface area contributed by atoms with Crippen LogP contribution in [0, 0.1) is 0 Å². The molecular weight excluding hydrogens is 385 g/mol. The molecule has 2 heterocycles. The van der Waals surface area contributed by atoms with Gasteiger partial charge in [0.05, 0.1) is 0 Å². The molecule has 0 saturated heterocycles. The van der Waals surface area contributed by atoms with Gasteiger partial charge in [0.15, 0.2) is 0 Å². The first-order valence-corrected chi connectivity index (χ1v) is 17.8. The van der Waals surface area contributed by atoms with Crippen LogP contribution in [0.2, 0.25) is 14.8 Å². The summed E-state index contributed by atoms with van der Waals surface area (Å²) in [5.74, 6) is -0.275. The number of rotatable bonds is 4. The van der Waals surface area contributed by atoms with Crippen LogP contribution in [0.25, 0.3) is 9.88 Å². The fourth-order valence-electron chi connectivity index (χ4n) is 1.67. The maximum atomic E-state index is 12.1. The van der Waals surface area contributed by atoms with Gasteiger partial charge in [0, 0.05) is 0 Å². The minimum atomic E-state index is -2.36. The van der Waals surface area contributed by atoms with Gasteiger partial charge in [-0.15, -0.1) is 0 Å². The monoisotopic (exact) mass is 403 g/mol. The summed E-state index contributed by atoms with van der Waals surface area (Å²) in [7, 11) is 0. The predicted octanol–water partition coefficient (Wildman–Crippen LogP) is 3.59. The molecule has 102 valence electrons. The van der Waals surface area contributed by atoms with Crippen molar-refractivity contribution in [3.05, 3.63) is 23.2 Å². The fourth-order valence-corrected chi connectivity index (χ4v) is 9.51. The number of thiophene rings is 1. The zero-order valence-corrected chi connectivity index (χ0v) is 16.0. The number of ether oxygens (including phenoxy) is 1. The van der Waals surface area contributed by atoms with E-state index in [9.17, 15) is 4.79 Å². The zero-order valence-electron chi connectivity index (χ0n) is 11.5. The van der Waals surface area contributed by atoms with Gasteiger partial charge in [-0.25, -0.2) is 0 Å². The van der Waals surface area contributed by atoms with Crippen LogP contribution in [0.4, 0.5) is 0 Å². The molecule has 3 nitrogen and oxygen atoms in total. The standard InChI is InChI=1S/C10H8NO2S2.3CH3.Sn/c1-2-13-10(12)7-6-15-9(11-7)8-4-3-5-14-8;;;;/h3-5H,2H2,1H3;3*1H3;. The third-order valence-corrected chi connectivity index (χ3v) is 14.0. The average molecular weight is 402 g/mol. The van der Waals surface area contributed by atoms with Crippen LogP contribution in [0.3, 0.4) is 0 Å². The van der Waals surface area contributed by atoms with Gasteiger partial charge in [-0.3, -0.25) is 0 Å². The normalized spacial score (nSPS) is 11.6. The van der Waals surface area contributed by atoms with Crippen LogP contribution in [0.1, 0.15) is 17.4 Å². The van der Waals surface area contributed by atoms with E-state index in [4.69, 9.17) is 4.74 Å². The van der Waals surface area contributed by atoms with Crippen molar-refractivity contribution in [3.63, 3.8) is 0 Å². The van der Waals surface area contributed by atoms with Gasteiger partial charge in [-0.1, -0.05) is 0 Å². The Morgan fingerprint density at radius 1 is 1.42 bits per heavy atom. The fraction of sp³-hybridized carbons (Fsp3) is 0.385. The molecule has 0 aromatic carbocycles. The molecule has 0 aliphatic heterocycles. The van der Waals surface area contributed by atoms with Crippen molar-refractivity contribution >= 4 is 49.9 Å². The molecule has 6 heteroatoms. The summed E-state index contributed by atoms with van der Waals surface area (Å²) in [5.41, 5.74) is 0.554. The summed E-state index contributed by atoms with van der Waals surface area (Å²) >= 11 is 0.961. The number of carbonyl (C=O) groups is 1. The topological polar surface area (TPSA) is 39.2 Å². The molecule has 0 bridgehead atoms. The Kier molecular flexibility index (Phi) is 4.68. The van der Waals surface area contributed by atoms with E-state index in [0.717, 1.165) is 9.88 Å². The molecule has 0 N–H and O–H groups in total. The Morgan fingerprint density at radius 3 is 2.68 bits per heavy atom. The molecule has 0 spiro atoms. The van der Waals surface area contributed by atoms with Crippen molar-refractivity contribution in [2.45, 2.75) is 21.7 Å².